The van der Waals surface area contributed by atoms with Crippen molar-refractivity contribution in [2.45, 2.75) is 60.2 Å². The van der Waals surface area contributed by atoms with Crippen LogP contribution in [0.2, 0.25) is 5.02 Å². The van der Waals surface area contributed by atoms with Crippen molar-refractivity contribution in [2.75, 3.05) is 47.6 Å². The molecule has 5 heterocycles. The van der Waals surface area contributed by atoms with E-state index in [2.05, 4.69) is 35.1 Å². The van der Waals surface area contributed by atoms with E-state index in [-0.39, 0.29) is 40.8 Å². The molecule has 16 heteroatoms. The van der Waals surface area contributed by atoms with Gasteiger partial charge in [0.1, 0.15) is 32.3 Å². The molecule has 1 spiro atoms. The number of piperidine rings is 2. The number of anilines is 4. The highest BCUT2D eigenvalue weighted by Gasteiger charge is 2.50. The van der Waals surface area contributed by atoms with E-state index in [1.807, 2.05) is 17.9 Å². The predicted molar refractivity (Wildman–Crippen MR) is 179 cm³/mol. The topological polar surface area (TPSA) is 160 Å². The van der Waals surface area contributed by atoms with Crippen LogP contribution < -0.4 is 20.9 Å². The Morgan fingerprint density at radius 3 is 2.36 bits per heavy atom. The highest BCUT2D eigenvalue weighted by Crippen LogP contribution is 2.46. The van der Waals surface area contributed by atoms with Crippen LogP contribution in [0.5, 0.6) is 0 Å². The molecule has 242 valence electrons. The molecule has 1 saturated carbocycles. The fraction of sp³-hybridized carbons (Fsp3) is 0.517. The minimum absolute atomic E-state index is 0. The fourth-order valence-electron chi connectivity index (χ4n) is 6.45. The van der Waals surface area contributed by atoms with Crippen molar-refractivity contribution in [1.29, 1.82) is 0 Å². The van der Waals surface area contributed by atoms with Gasteiger partial charge in [0.25, 0.3) is 0 Å². The third-order valence-corrected chi connectivity index (χ3v) is 12.4. The molecule has 2 saturated heterocycles. The number of nitrogens with one attached hydrogen (secondary N) is 1. The first-order valence-corrected chi connectivity index (χ1v) is 17.9. The summed E-state index contributed by atoms with van der Waals surface area (Å²) in [5.41, 5.74) is 6.37. The van der Waals surface area contributed by atoms with Crippen molar-refractivity contribution in [3.63, 3.8) is 0 Å². The third kappa shape index (κ3) is 7.14. The van der Waals surface area contributed by atoms with Gasteiger partial charge in [0.2, 0.25) is 5.95 Å². The summed E-state index contributed by atoms with van der Waals surface area (Å²) in [5, 5.41) is 3.99. The Hall–Kier alpha value is -2.78. The Morgan fingerprint density at radius 2 is 1.73 bits per heavy atom. The Morgan fingerprint density at radius 1 is 1.02 bits per heavy atom. The maximum absolute atomic E-state index is 12.3. The summed E-state index contributed by atoms with van der Waals surface area (Å²) in [6, 6.07) is 3.48. The van der Waals surface area contributed by atoms with E-state index in [9.17, 15) is 13.2 Å². The number of sulfone groups is 1. The molecule has 6 rings (SSSR count). The van der Waals surface area contributed by atoms with Crippen molar-refractivity contribution in [3.8, 4) is 0 Å². The third-order valence-electron chi connectivity index (χ3n) is 9.27. The normalized spacial score (nSPS) is 22.0. The minimum atomic E-state index is -3.06. The zero-order valence-corrected chi connectivity index (χ0v) is 28.3. The Kier molecular flexibility index (Phi) is 10.1. The van der Waals surface area contributed by atoms with Crippen LogP contribution in [0.25, 0.3) is 0 Å². The summed E-state index contributed by atoms with van der Waals surface area (Å²) in [7, 11) is -3.06. The molecule has 3 aromatic rings. The molecule has 3 fully saturated rings. The smallest absolute Gasteiger partial charge is 0.227 e. The lowest BCUT2D eigenvalue weighted by Gasteiger charge is -2.42. The number of carbonyl (C=O) groups excluding carboxylic acids is 1. The zero-order chi connectivity index (χ0) is 31.1. The molecule has 3 aromatic heterocycles. The number of pyridine rings is 1. The van der Waals surface area contributed by atoms with Crippen molar-refractivity contribution in [3.05, 3.63) is 41.9 Å². The second-order valence-corrected chi connectivity index (χ2v) is 15.7. The van der Waals surface area contributed by atoms with Crippen molar-refractivity contribution >= 4 is 74.8 Å². The molecular weight excluding hydrogens is 657 g/mol. The van der Waals surface area contributed by atoms with Crippen LogP contribution in [0.3, 0.4) is 0 Å². The van der Waals surface area contributed by atoms with E-state index < -0.39 is 9.84 Å². The lowest BCUT2D eigenvalue weighted by atomic mass is 9.73. The van der Waals surface area contributed by atoms with Gasteiger partial charge in [-0.05, 0) is 43.2 Å². The molecule has 0 amide bonds. The first kappa shape index (κ1) is 33.6. The highest BCUT2D eigenvalue weighted by atomic mass is 35.5. The molecule has 3 N–H and O–H groups in total. The number of nitrogens with zero attached hydrogens (tertiary/aromatic N) is 7. The number of ketones is 1. The Bertz CT molecular complexity index is 1630. The van der Waals surface area contributed by atoms with Crippen molar-refractivity contribution in [2.24, 2.45) is 17.1 Å². The summed E-state index contributed by atoms with van der Waals surface area (Å²) in [6.45, 7) is 4.68. The van der Waals surface area contributed by atoms with Gasteiger partial charge in [-0.25, -0.2) is 28.4 Å². The first-order chi connectivity index (χ1) is 21.0. The SMILES string of the molecule is C[C@@H]1C(=O)CC2(CCN(c3cnc(Sc4ccnc(Nc5ccnc(N6CCC(S(C)(=O)=O)CC6)n5)c4Cl)cn3)CC2)[C@H]1N.Cl. The van der Waals surface area contributed by atoms with Gasteiger partial charge >= 0.3 is 0 Å². The minimum Gasteiger partial charge on any atom is -0.355 e. The van der Waals surface area contributed by atoms with Gasteiger partial charge in [-0.3, -0.25) is 4.79 Å². The number of nitrogens with two attached hydrogens (primary N) is 1. The van der Waals surface area contributed by atoms with Gasteiger partial charge in [0.05, 0.1) is 22.7 Å². The van der Waals surface area contributed by atoms with Crippen LogP contribution in [-0.2, 0) is 14.6 Å². The van der Waals surface area contributed by atoms with Crippen LogP contribution >= 0.6 is 35.8 Å². The fourth-order valence-corrected chi connectivity index (χ4v) is 8.55. The van der Waals surface area contributed by atoms with Crippen LogP contribution in [0.15, 0.2) is 46.8 Å². The molecule has 3 aliphatic rings. The molecule has 0 aromatic carbocycles. The van der Waals surface area contributed by atoms with Gasteiger partial charge < -0.3 is 20.9 Å². The van der Waals surface area contributed by atoms with Crippen molar-refractivity contribution < 1.29 is 13.2 Å². The molecule has 0 unspecified atom stereocenters. The molecule has 45 heavy (non-hydrogen) atoms. The number of rotatable bonds is 7. The molecule has 12 nitrogen and oxygen atoms in total. The van der Waals surface area contributed by atoms with Gasteiger partial charge in [-0.15, -0.1) is 12.4 Å². The van der Waals surface area contributed by atoms with Crippen LogP contribution in [0.1, 0.15) is 39.0 Å². The summed E-state index contributed by atoms with van der Waals surface area (Å²) in [6.07, 6.45) is 11.6. The van der Waals surface area contributed by atoms with Gasteiger partial charge in [-0.1, -0.05) is 30.3 Å². The van der Waals surface area contributed by atoms with Crippen LogP contribution in [0, 0.1) is 11.3 Å². The monoisotopic (exact) mass is 693 g/mol. The molecule has 2 atom stereocenters. The lowest BCUT2D eigenvalue weighted by Crippen LogP contribution is -2.48. The summed E-state index contributed by atoms with van der Waals surface area (Å²) < 4.78 is 23.8. The maximum Gasteiger partial charge on any atom is 0.227 e. The van der Waals surface area contributed by atoms with Gasteiger partial charge in [-0.2, -0.15) is 4.98 Å². The van der Waals surface area contributed by atoms with E-state index in [0.717, 1.165) is 36.6 Å². The van der Waals surface area contributed by atoms with Crippen LogP contribution in [-0.4, -0.2) is 82.8 Å². The average molecular weight is 695 g/mol. The first-order valence-electron chi connectivity index (χ1n) is 14.7. The molecule has 0 bridgehead atoms. The largest absolute Gasteiger partial charge is 0.355 e. The average Bonchev–Trinajstić information content (AvgIpc) is 3.22. The van der Waals surface area contributed by atoms with Gasteiger partial charge in [0, 0.05) is 68.1 Å². The summed E-state index contributed by atoms with van der Waals surface area (Å²) >= 11 is 8.14. The second kappa shape index (κ2) is 13.5. The number of hydrogen-bond donors (Lipinski definition) is 2. The number of aromatic nitrogens is 5. The number of carbonyl (C=O) groups is 1. The predicted octanol–water partition coefficient (Wildman–Crippen LogP) is 4.17. The number of hydrogen-bond acceptors (Lipinski definition) is 13. The molecule has 1 aliphatic carbocycles. The quantitative estimate of drug-likeness (QED) is 0.363. The Balaban J connectivity index is 0.00000400. The zero-order valence-electron chi connectivity index (χ0n) is 25.1. The number of halogens is 2. The van der Waals surface area contributed by atoms with E-state index in [4.69, 9.17) is 17.3 Å². The molecule has 2 aliphatic heterocycles. The van der Waals surface area contributed by atoms with E-state index in [1.54, 1.807) is 30.9 Å². The van der Waals surface area contributed by atoms with Crippen molar-refractivity contribution in [1.82, 2.24) is 24.9 Å². The number of Topliss-reactive ketones (excluding diaryl/α,β-unsaturated/α-hetero) is 1. The molecule has 0 radical (unpaired) electrons. The summed E-state index contributed by atoms with van der Waals surface area (Å²) in [4.78, 5) is 40.0. The Labute approximate surface area is 278 Å². The van der Waals surface area contributed by atoms with E-state index in [1.165, 1.54) is 18.0 Å². The van der Waals surface area contributed by atoms with E-state index in [0.29, 0.717) is 60.0 Å². The van der Waals surface area contributed by atoms with E-state index >= 15 is 0 Å². The standard InChI is InChI=1S/C29H36ClN9O3S2.ClH/c1-18-20(40)15-29(26(18)31)7-13-38(14-8-29)23-16-35-24(17-34-23)43-21-3-9-32-27(25(21)30)36-22-4-10-33-28(37-22)39-11-5-19(6-12-39)44(2,41)42;/h3-4,9-10,16-19,26H,5-8,11-15,31H2,1-2H3,(H,32,33,36,37);1H/t18-,26+;/m1./s1. The lowest BCUT2D eigenvalue weighted by molar-refractivity contribution is -0.120. The second-order valence-electron chi connectivity index (χ2n) is 12.0. The van der Waals surface area contributed by atoms with Crippen LogP contribution in [0.4, 0.5) is 23.4 Å². The van der Waals surface area contributed by atoms with Gasteiger partial charge in [0.15, 0.2) is 5.82 Å². The molecular formula is C29H37Cl2N9O3S2. The maximum atomic E-state index is 12.3. The summed E-state index contributed by atoms with van der Waals surface area (Å²) in [5.74, 6) is 2.52. The highest BCUT2D eigenvalue weighted by molar-refractivity contribution is 7.99.